The number of benzene rings is 3. The zero-order valence-corrected chi connectivity index (χ0v) is 26.9. The van der Waals surface area contributed by atoms with E-state index in [-0.39, 0.29) is 19.1 Å². The summed E-state index contributed by atoms with van der Waals surface area (Å²) in [6.07, 6.45) is 2.08. The molecule has 1 aromatic heterocycles. The van der Waals surface area contributed by atoms with Crippen LogP contribution in [0.25, 0.3) is 10.8 Å². The van der Waals surface area contributed by atoms with E-state index < -0.39 is 6.09 Å². The van der Waals surface area contributed by atoms with E-state index in [1.807, 2.05) is 30.3 Å². The number of likely N-dealkylation sites (N-methyl/N-ethyl adjacent to an activating group) is 1. The Hall–Kier alpha value is -4.72. The Morgan fingerprint density at radius 1 is 0.957 bits per heavy atom. The van der Waals surface area contributed by atoms with Crippen LogP contribution in [0.2, 0.25) is 0 Å². The number of carbonyl (C=O) groups excluding carboxylic acids is 1. The van der Waals surface area contributed by atoms with E-state index in [0.29, 0.717) is 51.4 Å². The van der Waals surface area contributed by atoms with Crippen LogP contribution >= 0.6 is 0 Å². The lowest BCUT2D eigenvalue weighted by atomic mass is 10.0. The largest absolute Gasteiger partial charge is 0.462 e. The van der Waals surface area contributed by atoms with Crippen molar-refractivity contribution in [3.63, 3.8) is 0 Å². The van der Waals surface area contributed by atoms with Crippen molar-refractivity contribution in [3.05, 3.63) is 95.2 Å². The van der Waals surface area contributed by atoms with Crippen LogP contribution in [-0.2, 0) is 31.0 Å². The first kappa shape index (κ1) is 30.9. The topological polar surface area (TPSA) is 98.1 Å². The third-order valence-electron chi connectivity index (χ3n) is 9.70. The van der Waals surface area contributed by atoms with Crippen molar-refractivity contribution in [2.45, 2.75) is 57.6 Å². The maximum atomic E-state index is 13.2. The lowest BCUT2D eigenvalue weighted by Crippen LogP contribution is -2.55. The lowest BCUT2D eigenvalue weighted by molar-refractivity contribution is 0.0767. The highest BCUT2D eigenvalue weighted by Gasteiger charge is 2.35. The maximum Gasteiger partial charge on any atom is 0.410 e. The molecule has 2 fully saturated rings. The van der Waals surface area contributed by atoms with Gasteiger partial charge in [-0.15, -0.1) is 0 Å². The first-order valence-corrected chi connectivity index (χ1v) is 16.6. The molecule has 0 aliphatic carbocycles. The molecule has 4 aromatic rings. The van der Waals surface area contributed by atoms with E-state index in [1.54, 1.807) is 4.90 Å². The van der Waals surface area contributed by atoms with Crippen molar-refractivity contribution >= 4 is 22.7 Å². The van der Waals surface area contributed by atoms with Crippen LogP contribution < -0.4 is 9.64 Å². The van der Waals surface area contributed by atoms with Gasteiger partial charge in [-0.1, -0.05) is 72.8 Å². The van der Waals surface area contributed by atoms with Crippen molar-refractivity contribution in [3.8, 4) is 12.1 Å². The summed E-state index contributed by atoms with van der Waals surface area (Å²) in [7, 11) is 2.14. The smallest absolute Gasteiger partial charge is 0.410 e. The van der Waals surface area contributed by atoms with Crippen molar-refractivity contribution in [2.24, 2.45) is 0 Å². The molecule has 2 atom stereocenters. The minimum atomic E-state index is -0.396. The van der Waals surface area contributed by atoms with E-state index in [9.17, 15) is 10.1 Å². The number of amides is 1. The number of anilines is 1. The predicted octanol–water partition coefficient (Wildman–Crippen LogP) is 5.36. The highest BCUT2D eigenvalue weighted by Crippen LogP contribution is 2.34. The van der Waals surface area contributed by atoms with Gasteiger partial charge in [-0.2, -0.15) is 15.2 Å². The third kappa shape index (κ3) is 6.87. The molecule has 3 aliphatic heterocycles. The van der Waals surface area contributed by atoms with Crippen LogP contribution in [0.5, 0.6) is 6.01 Å². The van der Waals surface area contributed by atoms with Crippen LogP contribution in [0.3, 0.4) is 0 Å². The SMILES string of the molecule is CN1CCC[C@H]1COc1nc2c(c(N3CCN(C(=O)OCc4ccccc4)[C@@H](CC#N)C3)n1)CN(Cc1cccc3ccccc13)C2. The first-order chi connectivity index (χ1) is 23.1. The van der Waals surface area contributed by atoms with Crippen molar-refractivity contribution in [2.75, 3.05) is 44.7 Å². The summed E-state index contributed by atoms with van der Waals surface area (Å²) in [4.78, 5) is 31.8. The van der Waals surface area contributed by atoms with E-state index in [2.05, 4.69) is 70.3 Å². The fraction of sp³-hybridized carbons (Fsp3) is 0.405. The molecule has 10 heteroatoms. The summed E-state index contributed by atoms with van der Waals surface area (Å²) in [6.45, 7) is 5.49. The molecular weight excluding hydrogens is 590 g/mol. The number of ether oxygens (including phenoxy) is 2. The van der Waals surface area contributed by atoms with Crippen LogP contribution in [-0.4, -0.2) is 82.7 Å². The highest BCUT2D eigenvalue weighted by molar-refractivity contribution is 5.85. The molecule has 3 aromatic carbocycles. The summed E-state index contributed by atoms with van der Waals surface area (Å²) >= 11 is 0. The zero-order chi connectivity index (χ0) is 32.2. The summed E-state index contributed by atoms with van der Waals surface area (Å²) in [5.74, 6) is 0.838. The number of hydrogen-bond acceptors (Lipinski definition) is 9. The van der Waals surface area contributed by atoms with Gasteiger partial charge in [-0.05, 0) is 48.3 Å². The number of aromatic nitrogens is 2. The summed E-state index contributed by atoms with van der Waals surface area (Å²) < 4.78 is 12.0. The molecule has 47 heavy (non-hydrogen) atoms. The van der Waals surface area contributed by atoms with Gasteiger partial charge in [0.15, 0.2) is 0 Å². The molecule has 2 saturated heterocycles. The quantitative estimate of drug-likeness (QED) is 0.242. The molecule has 0 spiro atoms. The molecule has 0 bridgehead atoms. The van der Waals surface area contributed by atoms with Gasteiger partial charge in [0.25, 0.3) is 0 Å². The van der Waals surface area contributed by atoms with Gasteiger partial charge < -0.3 is 24.2 Å². The Morgan fingerprint density at radius 2 is 1.79 bits per heavy atom. The molecule has 0 radical (unpaired) electrons. The number of nitrogens with zero attached hydrogens (tertiary/aromatic N) is 7. The monoisotopic (exact) mass is 631 g/mol. The number of hydrogen-bond donors (Lipinski definition) is 0. The molecule has 1 amide bonds. The van der Waals surface area contributed by atoms with Gasteiger partial charge in [0.2, 0.25) is 0 Å². The molecule has 0 N–H and O–H groups in total. The number of carbonyl (C=O) groups is 1. The number of likely N-dealkylation sites (tertiary alicyclic amines) is 1. The van der Waals surface area contributed by atoms with Crippen LogP contribution in [0.4, 0.5) is 10.6 Å². The first-order valence-electron chi connectivity index (χ1n) is 16.6. The van der Waals surface area contributed by atoms with Crippen molar-refractivity contribution in [1.29, 1.82) is 5.26 Å². The van der Waals surface area contributed by atoms with E-state index >= 15 is 0 Å². The van der Waals surface area contributed by atoms with Gasteiger partial charge in [0.05, 0.1) is 24.2 Å². The number of piperazine rings is 1. The molecule has 4 heterocycles. The Balaban J connectivity index is 1.12. The molecular formula is C37H41N7O3. The lowest BCUT2D eigenvalue weighted by Gasteiger charge is -2.41. The van der Waals surface area contributed by atoms with Crippen LogP contribution in [0, 0.1) is 11.3 Å². The second-order valence-corrected chi connectivity index (χ2v) is 12.8. The average molecular weight is 632 g/mol. The molecule has 3 aliphatic rings. The minimum absolute atomic E-state index is 0.196. The second kappa shape index (κ2) is 14.0. The number of nitriles is 1. The fourth-order valence-corrected chi connectivity index (χ4v) is 7.12. The normalized spacial score (nSPS) is 19.9. The standard InChI is InChI=1S/C37H41N7O3/c1-41-18-8-14-31(41)26-46-36-39-34-24-42(21-29-13-7-12-28-11-5-6-15-32(28)29)23-33(34)35(40-36)43-19-20-44(30(22-43)16-17-38)37(45)47-25-27-9-3-2-4-10-27/h2-7,9-13,15,30-31H,8,14,16,18-26H2,1H3/t30-,31-/m0/s1. The van der Waals surface area contributed by atoms with Crippen molar-refractivity contribution in [1.82, 2.24) is 24.7 Å². The molecule has 0 unspecified atom stereocenters. The summed E-state index contributed by atoms with van der Waals surface area (Å²) in [5, 5.41) is 12.2. The van der Waals surface area contributed by atoms with E-state index in [4.69, 9.17) is 19.4 Å². The van der Waals surface area contributed by atoms with E-state index in [0.717, 1.165) is 42.1 Å². The van der Waals surface area contributed by atoms with Crippen molar-refractivity contribution < 1.29 is 14.3 Å². The van der Waals surface area contributed by atoms with Gasteiger partial charge >= 0.3 is 12.1 Å². The van der Waals surface area contributed by atoms with Gasteiger partial charge in [-0.3, -0.25) is 4.90 Å². The van der Waals surface area contributed by atoms with E-state index in [1.165, 1.54) is 22.8 Å². The summed E-state index contributed by atoms with van der Waals surface area (Å²) in [6, 6.07) is 27.3. The van der Waals surface area contributed by atoms with Gasteiger partial charge in [0, 0.05) is 50.9 Å². The minimum Gasteiger partial charge on any atom is -0.462 e. The van der Waals surface area contributed by atoms with Gasteiger partial charge in [0.1, 0.15) is 19.0 Å². The predicted molar refractivity (Wildman–Crippen MR) is 180 cm³/mol. The maximum absolute atomic E-state index is 13.2. The number of rotatable bonds is 9. The Labute approximate surface area is 276 Å². The Kier molecular flexibility index (Phi) is 9.18. The van der Waals surface area contributed by atoms with Gasteiger partial charge in [-0.25, -0.2) is 4.79 Å². The highest BCUT2D eigenvalue weighted by atomic mass is 16.6. The second-order valence-electron chi connectivity index (χ2n) is 12.8. The zero-order valence-electron chi connectivity index (χ0n) is 26.9. The molecule has 10 nitrogen and oxygen atoms in total. The Morgan fingerprint density at radius 3 is 2.62 bits per heavy atom. The molecule has 7 rings (SSSR count). The molecule has 242 valence electrons. The Bertz CT molecular complexity index is 1760. The molecule has 0 saturated carbocycles. The third-order valence-corrected chi connectivity index (χ3v) is 9.70. The average Bonchev–Trinajstić information content (AvgIpc) is 3.71. The number of fused-ring (bicyclic) bond motifs is 2. The summed E-state index contributed by atoms with van der Waals surface area (Å²) in [5.41, 5.74) is 4.28. The van der Waals surface area contributed by atoms with Crippen LogP contribution in [0.1, 0.15) is 41.6 Å². The van der Waals surface area contributed by atoms with Crippen LogP contribution in [0.15, 0.2) is 72.8 Å². The fourth-order valence-electron chi connectivity index (χ4n) is 7.12.